The third kappa shape index (κ3) is 3.19. The van der Waals surface area contributed by atoms with Gasteiger partial charge in [0.1, 0.15) is 0 Å². The molecule has 0 unspecified atom stereocenters. The predicted molar refractivity (Wildman–Crippen MR) is 87.1 cm³/mol. The summed E-state index contributed by atoms with van der Waals surface area (Å²) in [5.74, 6) is 0. The van der Waals surface area contributed by atoms with Crippen LogP contribution in [0.3, 0.4) is 0 Å². The van der Waals surface area contributed by atoms with E-state index in [4.69, 9.17) is 5.73 Å². The van der Waals surface area contributed by atoms with E-state index in [0.29, 0.717) is 16.3 Å². The van der Waals surface area contributed by atoms with Crippen molar-refractivity contribution in [3.05, 3.63) is 52.6 Å². The Balaban J connectivity index is 2.46. The van der Waals surface area contributed by atoms with Gasteiger partial charge in [0, 0.05) is 11.4 Å². The van der Waals surface area contributed by atoms with Crippen molar-refractivity contribution in [2.24, 2.45) is 0 Å². The molecule has 0 aromatic heterocycles. The van der Waals surface area contributed by atoms with E-state index in [1.807, 2.05) is 39.8 Å². The Hall–Kier alpha value is -2.01. The average Bonchev–Trinajstić information content (AvgIpc) is 2.31. The highest BCUT2D eigenvalue weighted by Crippen LogP contribution is 2.25. The van der Waals surface area contributed by atoms with Gasteiger partial charge in [-0.25, -0.2) is 8.42 Å². The van der Waals surface area contributed by atoms with Crippen LogP contribution in [0.15, 0.2) is 35.2 Å². The van der Waals surface area contributed by atoms with Gasteiger partial charge >= 0.3 is 0 Å². The molecule has 0 atom stereocenters. The lowest BCUT2D eigenvalue weighted by molar-refractivity contribution is 0.600. The van der Waals surface area contributed by atoms with Crippen molar-refractivity contribution in [1.82, 2.24) is 0 Å². The summed E-state index contributed by atoms with van der Waals surface area (Å²) in [5, 5.41) is 0. The Morgan fingerprint density at radius 1 is 0.905 bits per heavy atom. The molecule has 2 rings (SSSR count). The summed E-state index contributed by atoms with van der Waals surface area (Å²) in [7, 11) is -3.61. The predicted octanol–water partition coefficient (Wildman–Crippen LogP) is 3.30. The van der Waals surface area contributed by atoms with Gasteiger partial charge in [-0.15, -0.1) is 0 Å². The van der Waals surface area contributed by atoms with Gasteiger partial charge in [0.25, 0.3) is 10.0 Å². The molecule has 0 aliphatic rings. The molecule has 2 aromatic carbocycles. The maximum Gasteiger partial charge on any atom is 0.262 e. The first kappa shape index (κ1) is 15.4. The lowest BCUT2D eigenvalue weighted by Gasteiger charge is -2.14. The maximum atomic E-state index is 12.6. The first-order valence-electron chi connectivity index (χ1n) is 6.67. The van der Waals surface area contributed by atoms with Crippen molar-refractivity contribution in [2.45, 2.75) is 32.6 Å². The van der Waals surface area contributed by atoms with Gasteiger partial charge in [-0.2, -0.15) is 0 Å². The highest BCUT2D eigenvalue weighted by molar-refractivity contribution is 7.92. The molecule has 5 heteroatoms. The number of benzene rings is 2. The molecule has 3 N–H and O–H groups in total. The lowest BCUT2D eigenvalue weighted by Crippen LogP contribution is -2.16. The summed E-state index contributed by atoms with van der Waals surface area (Å²) in [6, 6.07) is 8.83. The van der Waals surface area contributed by atoms with E-state index in [9.17, 15) is 8.42 Å². The SMILES string of the molecule is Cc1cc(C)c(S(=O)(=O)Nc2ccc(N)c(C)c2)c(C)c1. The van der Waals surface area contributed by atoms with Gasteiger partial charge in [0.05, 0.1) is 4.90 Å². The highest BCUT2D eigenvalue weighted by Gasteiger charge is 2.20. The average molecular weight is 304 g/mol. The van der Waals surface area contributed by atoms with Gasteiger partial charge in [-0.1, -0.05) is 17.7 Å². The Bertz CT molecular complexity index is 773. The van der Waals surface area contributed by atoms with Gasteiger partial charge in [-0.05, 0) is 62.6 Å². The van der Waals surface area contributed by atoms with Crippen LogP contribution in [-0.2, 0) is 10.0 Å². The smallest absolute Gasteiger partial charge is 0.262 e. The number of nitrogen functional groups attached to an aromatic ring is 1. The van der Waals surface area contributed by atoms with E-state index < -0.39 is 10.0 Å². The maximum absolute atomic E-state index is 12.6. The highest BCUT2D eigenvalue weighted by atomic mass is 32.2. The van der Waals surface area contributed by atoms with Crippen LogP contribution in [0, 0.1) is 27.7 Å². The molecule has 0 heterocycles. The molecule has 0 amide bonds. The van der Waals surface area contributed by atoms with Crippen LogP contribution in [0.4, 0.5) is 11.4 Å². The molecular weight excluding hydrogens is 284 g/mol. The molecule has 0 fully saturated rings. The molecule has 0 spiro atoms. The monoisotopic (exact) mass is 304 g/mol. The molecule has 4 nitrogen and oxygen atoms in total. The molecule has 21 heavy (non-hydrogen) atoms. The molecule has 0 saturated heterocycles. The molecule has 0 aliphatic heterocycles. The lowest BCUT2D eigenvalue weighted by atomic mass is 10.1. The van der Waals surface area contributed by atoms with Crippen LogP contribution in [0.5, 0.6) is 0 Å². The molecule has 0 aliphatic carbocycles. The van der Waals surface area contributed by atoms with Gasteiger partial charge in [0.2, 0.25) is 0 Å². The molecule has 0 bridgehead atoms. The van der Waals surface area contributed by atoms with E-state index in [-0.39, 0.29) is 0 Å². The third-order valence-corrected chi connectivity index (χ3v) is 5.08. The van der Waals surface area contributed by atoms with Crippen LogP contribution in [0.1, 0.15) is 22.3 Å². The topological polar surface area (TPSA) is 72.2 Å². The second-order valence-corrected chi connectivity index (χ2v) is 7.02. The standard InChI is InChI=1S/C16H20N2O2S/c1-10-7-12(3)16(13(4)8-10)21(19,20)18-14-5-6-15(17)11(2)9-14/h5-9,18H,17H2,1-4H3. The zero-order valence-corrected chi connectivity index (χ0v) is 13.5. The number of nitrogens with two attached hydrogens (primary N) is 1. The fraction of sp³-hybridized carbons (Fsp3) is 0.250. The van der Waals surface area contributed by atoms with Crippen LogP contribution >= 0.6 is 0 Å². The Labute approximate surface area is 126 Å². The number of sulfonamides is 1. The third-order valence-electron chi connectivity index (χ3n) is 3.40. The summed E-state index contributed by atoms with van der Waals surface area (Å²) < 4.78 is 27.8. The number of hydrogen-bond acceptors (Lipinski definition) is 3. The largest absolute Gasteiger partial charge is 0.399 e. The van der Waals surface area contributed by atoms with Gasteiger partial charge in [0.15, 0.2) is 0 Å². The molecule has 112 valence electrons. The minimum absolute atomic E-state index is 0.336. The van der Waals surface area contributed by atoms with Gasteiger partial charge in [-0.3, -0.25) is 4.72 Å². The minimum Gasteiger partial charge on any atom is -0.399 e. The Morgan fingerprint density at radius 2 is 1.48 bits per heavy atom. The van der Waals surface area contributed by atoms with Crippen LogP contribution < -0.4 is 10.5 Å². The van der Waals surface area contributed by atoms with Crippen LogP contribution in [0.2, 0.25) is 0 Å². The fourth-order valence-electron chi connectivity index (χ4n) is 2.54. The number of rotatable bonds is 3. The van der Waals surface area contributed by atoms with E-state index in [0.717, 1.165) is 22.3 Å². The van der Waals surface area contributed by atoms with Crippen molar-refractivity contribution in [3.63, 3.8) is 0 Å². The molecule has 2 aromatic rings. The summed E-state index contributed by atoms with van der Waals surface area (Å²) in [6.45, 7) is 7.41. The summed E-state index contributed by atoms with van der Waals surface area (Å²) >= 11 is 0. The summed E-state index contributed by atoms with van der Waals surface area (Å²) in [6.07, 6.45) is 0. The quantitative estimate of drug-likeness (QED) is 0.855. The second kappa shape index (κ2) is 5.41. The van der Waals surface area contributed by atoms with E-state index in [2.05, 4.69) is 4.72 Å². The summed E-state index contributed by atoms with van der Waals surface area (Å²) in [5.41, 5.74) is 10.3. The van der Waals surface area contributed by atoms with E-state index in [1.165, 1.54) is 0 Å². The zero-order chi connectivity index (χ0) is 15.8. The van der Waals surface area contributed by atoms with E-state index >= 15 is 0 Å². The van der Waals surface area contributed by atoms with Crippen LogP contribution in [-0.4, -0.2) is 8.42 Å². The Morgan fingerprint density at radius 3 is 2.00 bits per heavy atom. The van der Waals surface area contributed by atoms with Crippen molar-refractivity contribution in [3.8, 4) is 0 Å². The summed E-state index contributed by atoms with van der Waals surface area (Å²) in [4.78, 5) is 0.336. The van der Waals surface area contributed by atoms with Crippen LogP contribution in [0.25, 0.3) is 0 Å². The minimum atomic E-state index is -3.61. The second-order valence-electron chi connectivity index (χ2n) is 5.40. The van der Waals surface area contributed by atoms with Crippen molar-refractivity contribution >= 4 is 21.4 Å². The first-order chi connectivity index (χ1) is 9.70. The fourth-order valence-corrected chi connectivity index (χ4v) is 4.04. The number of nitrogens with one attached hydrogen (secondary N) is 1. The van der Waals surface area contributed by atoms with Crippen molar-refractivity contribution in [1.29, 1.82) is 0 Å². The Kier molecular flexibility index (Phi) is 3.96. The van der Waals surface area contributed by atoms with Gasteiger partial charge < -0.3 is 5.73 Å². The van der Waals surface area contributed by atoms with Crippen molar-refractivity contribution in [2.75, 3.05) is 10.5 Å². The first-order valence-corrected chi connectivity index (χ1v) is 8.16. The number of hydrogen-bond donors (Lipinski definition) is 2. The normalized spacial score (nSPS) is 11.4. The number of aryl methyl sites for hydroxylation is 4. The van der Waals surface area contributed by atoms with Crippen molar-refractivity contribution < 1.29 is 8.42 Å². The molecule has 0 saturated carbocycles. The molecule has 0 radical (unpaired) electrons. The zero-order valence-electron chi connectivity index (χ0n) is 12.7. The molecular formula is C16H20N2O2S. The number of anilines is 2. The van der Waals surface area contributed by atoms with E-state index in [1.54, 1.807) is 18.2 Å².